The van der Waals surface area contributed by atoms with E-state index in [-0.39, 0.29) is 28.6 Å². The average molecular weight is 453 g/mol. The molecule has 0 atom stereocenters. The highest BCUT2D eigenvalue weighted by Gasteiger charge is 2.38. The third-order valence-corrected chi connectivity index (χ3v) is 4.29. The Labute approximate surface area is 168 Å². The summed E-state index contributed by atoms with van der Waals surface area (Å²) < 4.78 is 94.0. The van der Waals surface area contributed by atoms with Crippen LogP contribution in [0.4, 0.5) is 30.7 Å². The number of hydrogen-bond acceptors (Lipinski definition) is 4. The zero-order valence-electron chi connectivity index (χ0n) is 15.8. The molecule has 0 spiro atoms. The van der Waals surface area contributed by atoms with Crippen molar-refractivity contribution in [2.45, 2.75) is 32.7 Å². The van der Waals surface area contributed by atoms with Gasteiger partial charge in [-0.25, -0.2) is 23.4 Å². The van der Waals surface area contributed by atoms with Gasteiger partial charge in [-0.1, -0.05) is 13.8 Å². The molecule has 0 saturated heterocycles. The van der Waals surface area contributed by atoms with Crippen molar-refractivity contribution in [3.8, 4) is 5.69 Å². The lowest BCUT2D eigenvalue weighted by molar-refractivity contribution is -0.147. The van der Waals surface area contributed by atoms with E-state index < -0.39 is 56.8 Å². The fourth-order valence-corrected chi connectivity index (χ4v) is 3.07. The van der Waals surface area contributed by atoms with Crippen LogP contribution in [0.2, 0.25) is 0 Å². The van der Waals surface area contributed by atoms with Crippen LogP contribution in [0, 0.1) is 11.7 Å². The molecule has 0 radical (unpaired) electrons. The van der Waals surface area contributed by atoms with E-state index >= 15 is 0 Å². The van der Waals surface area contributed by atoms with Gasteiger partial charge in [-0.3, -0.25) is 4.79 Å². The van der Waals surface area contributed by atoms with Crippen molar-refractivity contribution in [2.75, 3.05) is 5.84 Å². The van der Waals surface area contributed by atoms with Gasteiger partial charge in [0.1, 0.15) is 5.82 Å². The molecule has 1 aromatic carbocycles. The van der Waals surface area contributed by atoms with Crippen molar-refractivity contribution in [2.24, 2.45) is 5.92 Å². The second-order valence-corrected chi connectivity index (χ2v) is 7.08. The third kappa shape index (κ3) is 3.88. The Bertz CT molecular complexity index is 1280. The molecule has 0 aliphatic heterocycles. The van der Waals surface area contributed by atoms with Crippen LogP contribution in [-0.4, -0.2) is 18.8 Å². The Hall–Kier alpha value is -3.32. The minimum atomic E-state index is -5.15. The molecule has 2 aromatic heterocycles. The van der Waals surface area contributed by atoms with E-state index in [1.54, 1.807) is 13.8 Å². The number of halogens is 7. The van der Waals surface area contributed by atoms with E-state index in [1.165, 1.54) is 0 Å². The zero-order valence-corrected chi connectivity index (χ0v) is 15.8. The van der Waals surface area contributed by atoms with Crippen LogP contribution in [-0.2, 0) is 18.9 Å². The number of imidazole rings is 1. The van der Waals surface area contributed by atoms with E-state index in [9.17, 15) is 40.3 Å². The Morgan fingerprint density at radius 2 is 1.65 bits per heavy atom. The highest BCUT2D eigenvalue weighted by atomic mass is 19.4. The van der Waals surface area contributed by atoms with Crippen LogP contribution >= 0.6 is 0 Å². The summed E-state index contributed by atoms with van der Waals surface area (Å²) in [5, 5.41) is 0. The fourth-order valence-electron chi connectivity index (χ4n) is 3.07. The van der Waals surface area contributed by atoms with Crippen molar-refractivity contribution in [3.63, 3.8) is 0 Å². The van der Waals surface area contributed by atoms with Gasteiger partial charge in [0.05, 0.1) is 16.7 Å². The number of nitrogens with zero attached hydrogens (tertiary/aromatic N) is 4. The average Bonchev–Trinajstić information content (AvgIpc) is 2.94. The van der Waals surface area contributed by atoms with Crippen LogP contribution in [0.3, 0.4) is 0 Å². The number of benzene rings is 1. The van der Waals surface area contributed by atoms with E-state index in [4.69, 9.17) is 5.84 Å². The highest BCUT2D eigenvalue weighted by molar-refractivity contribution is 5.79. The molecule has 168 valence electrons. The zero-order chi connectivity index (χ0) is 23.5. The molecule has 7 nitrogen and oxygen atoms in total. The van der Waals surface area contributed by atoms with Gasteiger partial charge in [0, 0.05) is 18.7 Å². The number of nitrogen functional groups attached to an aromatic ring is 1. The number of alkyl halides is 6. The van der Waals surface area contributed by atoms with Gasteiger partial charge in [0.15, 0.2) is 5.69 Å². The van der Waals surface area contributed by atoms with Crippen molar-refractivity contribution in [1.82, 2.24) is 18.8 Å². The quantitative estimate of drug-likeness (QED) is 0.488. The summed E-state index contributed by atoms with van der Waals surface area (Å²) in [6.07, 6.45) is -10.0. The van der Waals surface area contributed by atoms with Crippen molar-refractivity contribution in [3.05, 3.63) is 56.4 Å². The second-order valence-electron chi connectivity index (χ2n) is 7.08. The molecule has 0 saturated carbocycles. The first-order valence-electron chi connectivity index (χ1n) is 8.61. The molecule has 0 bridgehead atoms. The lowest BCUT2D eigenvalue weighted by Crippen LogP contribution is -2.45. The van der Waals surface area contributed by atoms with E-state index in [2.05, 4.69) is 4.98 Å². The highest BCUT2D eigenvalue weighted by Crippen LogP contribution is 2.33. The Morgan fingerprint density at radius 3 is 2.16 bits per heavy atom. The van der Waals surface area contributed by atoms with Gasteiger partial charge < -0.3 is 10.4 Å². The Morgan fingerprint density at radius 1 is 1.03 bits per heavy atom. The Balaban J connectivity index is 2.37. The number of rotatable bonds is 3. The maximum atomic E-state index is 14.6. The van der Waals surface area contributed by atoms with Crippen LogP contribution in [0.1, 0.15) is 25.4 Å². The first-order valence-corrected chi connectivity index (χ1v) is 8.61. The number of aromatic nitrogens is 4. The van der Waals surface area contributed by atoms with Crippen molar-refractivity contribution in [1.29, 1.82) is 0 Å². The monoisotopic (exact) mass is 453 g/mol. The molecule has 0 amide bonds. The Kier molecular flexibility index (Phi) is 5.14. The van der Waals surface area contributed by atoms with Crippen LogP contribution < -0.4 is 17.1 Å². The summed E-state index contributed by atoms with van der Waals surface area (Å²) in [6.45, 7) is 3.03. The van der Waals surface area contributed by atoms with Crippen LogP contribution in [0.25, 0.3) is 16.7 Å². The molecule has 2 N–H and O–H groups in total. The molecule has 0 aliphatic rings. The molecule has 3 aromatic rings. The summed E-state index contributed by atoms with van der Waals surface area (Å²) in [5.41, 5.74) is -6.62. The van der Waals surface area contributed by atoms with Gasteiger partial charge in [-0.2, -0.15) is 26.3 Å². The minimum absolute atomic E-state index is 0.00396. The molecule has 0 fully saturated rings. The molecule has 14 heteroatoms. The number of nitrogens with two attached hydrogens (primary N) is 1. The topological polar surface area (TPSA) is 87.8 Å². The molecular formula is C17H14F7N5O2. The van der Waals surface area contributed by atoms with Crippen LogP contribution in [0.15, 0.2) is 27.8 Å². The van der Waals surface area contributed by atoms with Gasteiger partial charge in [0.25, 0.3) is 5.56 Å². The SMILES string of the molecule is CC(C)Cn1c(C(F)(F)F)nc2cc(F)c(-n3c(=O)cc(C(F)(F)F)n(N)c3=O)cc21. The smallest absolute Gasteiger partial charge is 0.335 e. The number of fused-ring (bicyclic) bond motifs is 1. The maximum Gasteiger partial charge on any atom is 0.449 e. The summed E-state index contributed by atoms with van der Waals surface area (Å²) in [6, 6.07) is 1.28. The molecule has 2 heterocycles. The van der Waals surface area contributed by atoms with E-state index in [0.717, 1.165) is 10.6 Å². The minimum Gasteiger partial charge on any atom is -0.335 e. The molecular weight excluding hydrogens is 439 g/mol. The summed E-state index contributed by atoms with van der Waals surface area (Å²) in [5.74, 6) is 2.15. The van der Waals surface area contributed by atoms with E-state index in [0.29, 0.717) is 6.07 Å². The lowest BCUT2D eigenvalue weighted by atomic mass is 10.2. The first kappa shape index (κ1) is 22.4. The summed E-state index contributed by atoms with van der Waals surface area (Å²) in [4.78, 5) is 27.9. The van der Waals surface area contributed by atoms with Gasteiger partial charge >= 0.3 is 18.0 Å². The third-order valence-electron chi connectivity index (χ3n) is 4.29. The van der Waals surface area contributed by atoms with Gasteiger partial charge in [-0.05, 0) is 12.0 Å². The fraction of sp³-hybridized carbons (Fsp3) is 0.353. The molecule has 0 aliphatic carbocycles. The second kappa shape index (κ2) is 7.13. The first-order chi connectivity index (χ1) is 14.1. The predicted molar refractivity (Wildman–Crippen MR) is 94.5 cm³/mol. The maximum absolute atomic E-state index is 14.6. The molecule has 0 unspecified atom stereocenters. The molecule has 3 rings (SSSR count). The van der Waals surface area contributed by atoms with Gasteiger partial charge in [-0.15, -0.1) is 0 Å². The number of hydrogen-bond donors (Lipinski definition) is 1. The van der Waals surface area contributed by atoms with Crippen molar-refractivity contribution < 1.29 is 30.7 Å². The lowest BCUT2D eigenvalue weighted by Gasteiger charge is -2.15. The van der Waals surface area contributed by atoms with E-state index in [1.807, 2.05) is 0 Å². The largest absolute Gasteiger partial charge is 0.449 e. The molecule has 31 heavy (non-hydrogen) atoms. The predicted octanol–water partition coefficient (Wildman–Crippen LogP) is 2.90. The summed E-state index contributed by atoms with van der Waals surface area (Å²) >= 11 is 0. The normalized spacial score (nSPS) is 12.8. The van der Waals surface area contributed by atoms with Gasteiger partial charge in [0.2, 0.25) is 5.82 Å². The van der Waals surface area contributed by atoms with Crippen LogP contribution in [0.5, 0.6) is 0 Å². The standard InChI is InChI=1S/C17H14F7N5O2/c1-7(2)6-27-11-4-10(8(18)3-9(11)26-14(27)17(22,23)24)28-13(30)5-12(16(19,20)21)29(25)15(28)31/h3-5,7H,6,25H2,1-2H3. The summed E-state index contributed by atoms with van der Waals surface area (Å²) in [7, 11) is 0. The van der Waals surface area contributed by atoms with Crippen molar-refractivity contribution >= 4 is 11.0 Å².